The molecule has 0 aliphatic rings. The van der Waals surface area contributed by atoms with Gasteiger partial charge in [0.15, 0.2) is 0 Å². The fourth-order valence-corrected chi connectivity index (χ4v) is 2.92. The maximum absolute atomic E-state index is 11.7. The minimum absolute atomic E-state index is 0.114. The summed E-state index contributed by atoms with van der Waals surface area (Å²) in [6.07, 6.45) is 0. The van der Waals surface area contributed by atoms with Gasteiger partial charge in [0, 0.05) is 0 Å². The van der Waals surface area contributed by atoms with Crippen molar-refractivity contribution in [1.29, 1.82) is 0 Å². The number of ether oxygens (including phenoxy) is 2. The summed E-state index contributed by atoms with van der Waals surface area (Å²) in [5, 5.41) is 0.741. The van der Waals surface area contributed by atoms with Crippen LogP contribution >= 0.6 is 0 Å². The van der Waals surface area contributed by atoms with Crippen LogP contribution < -0.4 is 4.74 Å². The molecule has 3 nitrogen and oxygen atoms in total. The molecule has 0 spiro atoms. The summed E-state index contributed by atoms with van der Waals surface area (Å²) in [7, 11) is 1.64. The average molecular weight is 335 g/mol. The van der Waals surface area contributed by atoms with Gasteiger partial charge in [-0.2, -0.15) is 0 Å². The van der Waals surface area contributed by atoms with Gasteiger partial charge in [0.05, 0.1) is 0 Å². The van der Waals surface area contributed by atoms with E-state index >= 15 is 0 Å². The van der Waals surface area contributed by atoms with E-state index in [-0.39, 0.29) is 19.8 Å². The molecule has 0 atom stereocenters. The molecule has 0 amide bonds. The first kappa shape index (κ1) is 14.6. The third-order valence-electron chi connectivity index (χ3n) is 2.72. The van der Waals surface area contributed by atoms with E-state index in [0.717, 1.165) is 22.2 Å². The molecule has 20 heavy (non-hydrogen) atoms. The first-order valence-electron chi connectivity index (χ1n) is 6.24. The van der Waals surface area contributed by atoms with Gasteiger partial charge in [-0.1, -0.05) is 0 Å². The van der Waals surface area contributed by atoms with Crippen molar-refractivity contribution in [3.8, 4) is 5.75 Å². The Labute approximate surface area is 125 Å². The molecule has 0 heterocycles. The monoisotopic (exact) mass is 336 g/mol. The quantitative estimate of drug-likeness (QED) is 0.761. The summed E-state index contributed by atoms with van der Waals surface area (Å²) in [5.41, 5.74) is 2.14. The summed E-state index contributed by atoms with van der Waals surface area (Å²) in [5.74, 6) is 0.827. The zero-order valence-corrected chi connectivity index (χ0v) is 13.0. The average Bonchev–Trinajstić information content (AvgIpc) is 2.52. The van der Waals surface area contributed by atoms with Gasteiger partial charge in [-0.15, -0.1) is 0 Å². The number of rotatable bonds is 6. The summed E-state index contributed by atoms with van der Waals surface area (Å²) >= 11 is -0.191. The van der Waals surface area contributed by atoms with E-state index in [9.17, 15) is 4.79 Å². The Morgan fingerprint density at radius 3 is 2.35 bits per heavy atom. The number of carbonyl (C=O) groups is 1. The zero-order valence-electron chi connectivity index (χ0n) is 11.2. The molecule has 2 aromatic carbocycles. The molecule has 2 aromatic rings. The molecule has 0 N–H and O–H groups in total. The Balaban J connectivity index is 1.74. The van der Waals surface area contributed by atoms with Crippen LogP contribution in [0.15, 0.2) is 54.6 Å². The summed E-state index contributed by atoms with van der Waals surface area (Å²) < 4.78 is 10.4. The SMILES string of the molecule is COc1ccc(C[Se]C(=O)OCc2ccccc2)cc1. The maximum atomic E-state index is 11.7. The summed E-state index contributed by atoms with van der Waals surface area (Å²) in [6.45, 7) is 0.351. The van der Waals surface area contributed by atoms with E-state index in [0.29, 0.717) is 6.61 Å². The number of hydrogen-bond donors (Lipinski definition) is 0. The van der Waals surface area contributed by atoms with Gasteiger partial charge in [-0.05, 0) is 0 Å². The molecular formula is C16H16O3Se. The van der Waals surface area contributed by atoms with Crippen molar-refractivity contribution < 1.29 is 14.3 Å². The van der Waals surface area contributed by atoms with E-state index < -0.39 is 0 Å². The minimum atomic E-state index is -0.191. The van der Waals surface area contributed by atoms with E-state index in [1.165, 1.54) is 0 Å². The molecule has 0 saturated carbocycles. The van der Waals surface area contributed by atoms with Gasteiger partial charge in [-0.3, -0.25) is 0 Å². The molecule has 0 aliphatic heterocycles. The van der Waals surface area contributed by atoms with Crippen LogP contribution in [-0.4, -0.2) is 26.9 Å². The van der Waals surface area contributed by atoms with E-state index in [1.807, 2.05) is 54.6 Å². The van der Waals surface area contributed by atoms with Gasteiger partial charge in [0.25, 0.3) is 0 Å². The molecule has 104 valence electrons. The van der Waals surface area contributed by atoms with E-state index in [2.05, 4.69) is 0 Å². The summed E-state index contributed by atoms with van der Waals surface area (Å²) in [6, 6.07) is 17.5. The van der Waals surface area contributed by atoms with Crippen LogP contribution in [0.2, 0.25) is 0 Å². The molecule has 0 unspecified atom stereocenters. The topological polar surface area (TPSA) is 35.5 Å². The van der Waals surface area contributed by atoms with Gasteiger partial charge in [-0.25, -0.2) is 0 Å². The Kier molecular flexibility index (Phi) is 5.66. The predicted octanol–water partition coefficient (Wildman–Crippen LogP) is 3.24. The first-order valence-corrected chi connectivity index (χ1v) is 8.31. The first-order chi connectivity index (χ1) is 9.78. The van der Waals surface area contributed by atoms with Crippen LogP contribution in [-0.2, 0) is 16.7 Å². The third-order valence-corrected chi connectivity index (χ3v) is 4.46. The van der Waals surface area contributed by atoms with Crippen molar-refractivity contribution in [2.75, 3.05) is 7.11 Å². The van der Waals surface area contributed by atoms with Crippen LogP contribution in [0.3, 0.4) is 0 Å². The Hall–Kier alpha value is -1.77. The Morgan fingerprint density at radius 1 is 1.00 bits per heavy atom. The molecule has 2 rings (SSSR count). The third kappa shape index (κ3) is 4.72. The second kappa shape index (κ2) is 7.73. The van der Waals surface area contributed by atoms with Crippen LogP contribution in [0.4, 0.5) is 4.79 Å². The van der Waals surface area contributed by atoms with Crippen LogP contribution in [0.5, 0.6) is 5.75 Å². The fraction of sp³-hybridized carbons (Fsp3) is 0.188. The standard InChI is InChI=1S/C16H16O3Se/c1-18-15-9-7-14(8-10-15)12-20-16(17)19-11-13-5-3-2-4-6-13/h2-10H,11-12H2,1H3. The van der Waals surface area contributed by atoms with Crippen molar-refractivity contribution in [3.63, 3.8) is 0 Å². The fourth-order valence-electron chi connectivity index (χ4n) is 1.62. The number of carbonyl (C=O) groups excluding carboxylic acids is 1. The van der Waals surface area contributed by atoms with Gasteiger partial charge < -0.3 is 0 Å². The van der Waals surface area contributed by atoms with Gasteiger partial charge in [0.1, 0.15) is 0 Å². The normalized spacial score (nSPS) is 10.1. The molecular weight excluding hydrogens is 319 g/mol. The number of hydrogen-bond acceptors (Lipinski definition) is 3. The second-order valence-corrected chi connectivity index (χ2v) is 6.07. The second-order valence-electron chi connectivity index (χ2n) is 4.16. The molecule has 0 radical (unpaired) electrons. The Morgan fingerprint density at radius 2 is 1.70 bits per heavy atom. The zero-order chi connectivity index (χ0) is 14.2. The Bertz CT molecular complexity index is 537. The van der Waals surface area contributed by atoms with Crippen LogP contribution in [0.1, 0.15) is 11.1 Å². The van der Waals surface area contributed by atoms with E-state index in [1.54, 1.807) is 7.11 Å². The molecule has 4 heteroatoms. The number of methoxy groups -OCH3 is 1. The van der Waals surface area contributed by atoms with Crippen LogP contribution in [0, 0.1) is 0 Å². The van der Waals surface area contributed by atoms with Crippen LogP contribution in [0.25, 0.3) is 0 Å². The molecule has 0 aliphatic carbocycles. The predicted molar refractivity (Wildman–Crippen MR) is 79.1 cm³/mol. The van der Waals surface area contributed by atoms with E-state index in [4.69, 9.17) is 9.47 Å². The van der Waals surface area contributed by atoms with Crippen molar-refractivity contribution in [1.82, 2.24) is 0 Å². The molecule has 0 saturated heterocycles. The molecule has 0 bridgehead atoms. The van der Waals surface area contributed by atoms with Gasteiger partial charge >= 0.3 is 125 Å². The van der Waals surface area contributed by atoms with Crippen molar-refractivity contribution >= 4 is 19.8 Å². The van der Waals surface area contributed by atoms with Gasteiger partial charge in [0.2, 0.25) is 0 Å². The molecule has 0 aromatic heterocycles. The van der Waals surface area contributed by atoms with Crippen molar-refractivity contribution in [2.24, 2.45) is 0 Å². The number of benzene rings is 2. The summed E-state index contributed by atoms with van der Waals surface area (Å²) in [4.78, 5) is 11.6. The van der Waals surface area contributed by atoms with Crippen molar-refractivity contribution in [3.05, 3.63) is 65.7 Å². The van der Waals surface area contributed by atoms with Crippen molar-refractivity contribution in [2.45, 2.75) is 11.9 Å². The molecule has 0 fully saturated rings.